The van der Waals surface area contributed by atoms with Gasteiger partial charge in [-0.05, 0) is 70.6 Å². The van der Waals surface area contributed by atoms with Crippen LogP contribution >= 0.6 is 34.2 Å². The van der Waals surface area contributed by atoms with Gasteiger partial charge in [0.2, 0.25) is 0 Å². The lowest BCUT2D eigenvalue weighted by Gasteiger charge is -2.26. The zero-order chi connectivity index (χ0) is 20.3. The van der Waals surface area contributed by atoms with Crippen molar-refractivity contribution in [3.63, 3.8) is 0 Å². The lowest BCUT2D eigenvalue weighted by molar-refractivity contribution is -0.122. The summed E-state index contributed by atoms with van der Waals surface area (Å²) in [5.74, 6) is 1.49. The van der Waals surface area contributed by atoms with E-state index in [2.05, 4.69) is 33.8 Å². The second-order valence-corrected chi connectivity index (χ2v) is 7.22. The van der Waals surface area contributed by atoms with Crippen molar-refractivity contribution >= 4 is 63.8 Å². The minimum absolute atomic E-state index is 0.134. The Kier molecular flexibility index (Phi) is 6.02. The topological polar surface area (TPSA) is 75.7 Å². The lowest BCUT2D eigenvalue weighted by atomic mass is 10.1. The SMILES string of the molecule is C#CCOc1ccc(/C=C2\C(=O)NC(=O)N(c3ccc(Cl)cc3)C2=O)cc1I. The molecular weight excluding hydrogens is 495 g/mol. The number of barbiturate groups is 1. The predicted octanol–water partition coefficient (Wildman–Crippen LogP) is 3.62. The Balaban J connectivity index is 1.94. The standard InChI is InChI=1S/C20H12ClIN2O4/c1-2-9-28-17-8-3-12(11-16(17)22)10-15-18(25)23-20(27)24(19(15)26)14-6-4-13(21)5-7-14/h1,3-8,10-11H,9H2,(H,23,25,27)/b15-10+. The highest BCUT2D eigenvalue weighted by atomic mass is 127. The molecule has 1 N–H and O–H groups in total. The minimum Gasteiger partial charge on any atom is -0.480 e. The summed E-state index contributed by atoms with van der Waals surface area (Å²) in [6.07, 6.45) is 6.60. The summed E-state index contributed by atoms with van der Waals surface area (Å²) in [7, 11) is 0. The van der Waals surface area contributed by atoms with Gasteiger partial charge in [0.1, 0.15) is 17.9 Å². The maximum absolute atomic E-state index is 12.8. The normalized spacial score (nSPS) is 15.4. The molecule has 0 aromatic heterocycles. The smallest absolute Gasteiger partial charge is 0.335 e. The molecule has 4 amide bonds. The van der Waals surface area contributed by atoms with E-state index in [0.717, 1.165) is 8.47 Å². The summed E-state index contributed by atoms with van der Waals surface area (Å²) in [4.78, 5) is 38.1. The number of terminal acetylenes is 1. The number of carbonyl (C=O) groups is 3. The van der Waals surface area contributed by atoms with E-state index in [0.29, 0.717) is 22.0 Å². The summed E-state index contributed by atoms with van der Waals surface area (Å²) in [6, 6.07) is 10.4. The number of nitrogens with one attached hydrogen (secondary N) is 1. The van der Waals surface area contributed by atoms with Crippen molar-refractivity contribution in [2.75, 3.05) is 11.5 Å². The van der Waals surface area contributed by atoms with Crippen molar-refractivity contribution in [1.29, 1.82) is 0 Å². The van der Waals surface area contributed by atoms with E-state index >= 15 is 0 Å². The van der Waals surface area contributed by atoms with E-state index in [1.807, 2.05) is 0 Å². The summed E-state index contributed by atoms with van der Waals surface area (Å²) in [5.41, 5.74) is 0.738. The first-order valence-electron chi connectivity index (χ1n) is 7.93. The van der Waals surface area contributed by atoms with Crippen LogP contribution in [0.25, 0.3) is 6.08 Å². The molecular formula is C20H12ClIN2O4. The number of carbonyl (C=O) groups excluding carboxylic acids is 3. The average molecular weight is 507 g/mol. The number of halogens is 2. The molecule has 0 unspecified atom stereocenters. The highest BCUT2D eigenvalue weighted by Gasteiger charge is 2.36. The van der Waals surface area contributed by atoms with Gasteiger partial charge in [0.15, 0.2) is 0 Å². The Labute approximate surface area is 179 Å². The van der Waals surface area contributed by atoms with Crippen LogP contribution in [-0.4, -0.2) is 24.5 Å². The monoisotopic (exact) mass is 506 g/mol. The van der Waals surface area contributed by atoms with Gasteiger partial charge in [-0.15, -0.1) is 6.42 Å². The number of ether oxygens (including phenoxy) is 1. The van der Waals surface area contributed by atoms with Crippen molar-refractivity contribution in [1.82, 2.24) is 5.32 Å². The Morgan fingerprint density at radius 3 is 2.54 bits per heavy atom. The van der Waals surface area contributed by atoms with Crippen LogP contribution in [0.5, 0.6) is 5.75 Å². The number of benzene rings is 2. The van der Waals surface area contributed by atoms with Crippen LogP contribution in [0.3, 0.4) is 0 Å². The molecule has 2 aromatic rings. The number of amides is 4. The molecule has 2 aromatic carbocycles. The number of rotatable bonds is 4. The van der Waals surface area contributed by atoms with Crippen molar-refractivity contribution in [2.45, 2.75) is 0 Å². The third-order valence-electron chi connectivity index (χ3n) is 3.76. The number of hydrogen-bond donors (Lipinski definition) is 1. The fourth-order valence-electron chi connectivity index (χ4n) is 2.49. The van der Waals surface area contributed by atoms with E-state index in [-0.39, 0.29) is 12.2 Å². The molecule has 0 atom stereocenters. The van der Waals surface area contributed by atoms with Crippen molar-refractivity contribution in [3.8, 4) is 18.1 Å². The van der Waals surface area contributed by atoms with Crippen molar-refractivity contribution in [3.05, 3.63) is 62.2 Å². The molecule has 28 heavy (non-hydrogen) atoms. The molecule has 0 saturated carbocycles. The van der Waals surface area contributed by atoms with Crippen LogP contribution in [-0.2, 0) is 9.59 Å². The number of anilines is 1. The molecule has 0 aliphatic carbocycles. The van der Waals surface area contributed by atoms with Gasteiger partial charge in [-0.3, -0.25) is 14.9 Å². The molecule has 1 fully saturated rings. The van der Waals surface area contributed by atoms with E-state index in [4.69, 9.17) is 22.8 Å². The molecule has 1 heterocycles. The van der Waals surface area contributed by atoms with Gasteiger partial charge < -0.3 is 4.74 Å². The number of imide groups is 2. The zero-order valence-electron chi connectivity index (χ0n) is 14.2. The molecule has 0 spiro atoms. The highest BCUT2D eigenvalue weighted by molar-refractivity contribution is 14.1. The van der Waals surface area contributed by atoms with Gasteiger partial charge in [-0.2, -0.15) is 0 Å². The van der Waals surface area contributed by atoms with Gasteiger partial charge in [-0.1, -0.05) is 23.6 Å². The van der Waals surface area contributed by atoms with Crippen LogP contribution in [0.1, 0.15) is 5.56 Å². The van der Waals surface area contributed by atoms with Gasteiger partial charge >= 0.3 is 6.03 Å². The summed E-state index contributed by atoms with van der Waals surface area (Å²) in [6.45, 7) is 0.134. The third kappa shape index (κ3) is 4.18. The Hall–Kier alpha value is -2.83. The van der Waals surface area contributed by atoms with Gasteiger partial charge in [0, 0.05) is 5.02 Å². The summed E-state index contributed by atoms with van der Waals surface area (Å²) < 4.78 is 6.16. The van der Waals surface area contributed by atoms with Gasteiger partial charge in [0.25, 0.3) is 11.8 Å². The Bertz CT molecular complexity index is 1040. The molecule has 8 heteroatoms. The highest BCUT2D eigenvalue weighted by Crippen LogP contribution is 2.26. The number of hydrogen-bond acceptors (Lipinski definition) is 4. The molecule has 140 valence electrons. The van der Waals surface area contributed by atoms with Crippen LogP contribution in [0.4, 0.5) is 10.5 Å². The Morgan fingerprint density at radius 2 is 1.89 bits per heavy atom. The number of nitrogens with zero attached hydrogens (tertiary/aromatic N) is 1. The van der Waals surface area contributed by atoms with Crippen molar-refractivity contribution in [2.24, 2.45) is 0 Å². The first-order valence-corrected chi connectivity index (χ1v) is 9.39. The molecule has 0 radical (unpaired) electrons. The first-order chi connectivity index (χ1) is 13.4. The fourth-order valence-corrected chi connectivity index (χ4v) is 3.31. The second kappa shape index (κ2) is 8.46. The van der Waals surface area contributed by atoms with E-state index in [9.17, 15) is 14.4 Å². The van der Waals surface area contributed by atoms with Crippen LogP contribution < -0.4 is 15.0 Å². The van der Waals surface area contributed by atoms with Crippen molar-refractivity contribution < 1.29 is 19.1 Å². The minimum atomic E-state index is -0.818. The molecule has 1 aliphatic heterocycles. The summed E-state index contributed by atoms with van der Waals surface area (Å²) in [5, 5.41) is 2.63. The van der Waals surface area contributed by atoms with Crippen LogP contribution in [0.2, 0.25) is 5.02 Å². The van der Waals surface area contributed by atoms with Gasteiger partial charge in [-0.25, -0.2) is 9.69 Å². The predicted molar refractivity (Wildman–Crippen MR) is 114 cm³/mol. The maximum atomic E-state index is 12.8. The van der Waals surface area contributed by atoms with Crippen LogP contribution in [0.15, 0.2) is 48.0 Å². The maximum Gasteiger partial charge on any atom is 0.335 e. The molecule has 1 aliphatic rings. The molecule has 1 saturated heterocycles. The second-order valence-electron chi connectivity index (χ2n) is 5.62. The number of urea groups is 1. The Morgan fingerprint density at radius 1 is 1.18 bits per heavy atom. The average Bonchev–Trinajstić information content (AvgIpc) is 2.66. The third-order valence-corrected chi connectivity index (χ3v) is 4.86. The quantitative estimate of drug-likeness (QED) is 0.297. The first kappa shape index (κ1) is 19.9. The van der Waals surface area contributed by atoms with Gasteiger partial charge in [0.05, 0.1) is 9.26 Å². The largest absolute Gasteiger partial charge is 0.480 e. The van der Waals surface area contributed by atoms with E-state index < -0.39 is 17.8 Å². The lowest BCUT2D eigenvalue weighted by Crippen LogP contribution is -2.54. The van der Waals surface area contributed by atoms with E-state index in [1.165, 1.54) is 18.2 Å². The molecule has 3 rings (SSSR count). The zero-order valence-corrected chi connectivity index (χ0v) is 17.2. The van der Waals surface area contributed by atoms with Crippen LogP contribution in [0, 0.1) is 15.9 Å². The molecule has 6 nitrogen and oxygen atoms in total. The fraction of sp³-hybridized carbons (Fsp3) is 0.0500. The summed E-state index contributed by atoms with van der Waals surface area (Å²) >= 11 is 7.92. The van der Waals surface area contributed by atoms with E-state index in [1.54, 1.807) is 30.3 Å². The molecule has 0 bridgehead atoms.